The fraction of sp³-hybridized carbons (Fsp3) is 0.259. The summed E-state index contributed by atoms with van der Waals surface area (Å²) in [7, 11) is 0. The summed E-state index contributed by atoms with van der Waals surface area (Å²) in [4.78, 5) is 26.9. The van der Waals surface area contributed by atoms with Crippen LogP contribution in [0.15, 0.2) is 72.8 Å². The van der Waals surface area contributed by atoms with Crippen molar-refractivity contribution in [3.63, 3.8) is 0 Å². The number of aryl methyl sites for hydroxylation is 1. The zero-order valence-electron chi connectivity index (χ0n) is 19.0. The largest absolute Gasteiger partial charge is 0.494 e. The summed E-state index contributed by atoms with van der Waals surface area (Å²) in [5, 5.41) is 0. The first-order valence-electron chi connectivity index (χ1n) is 11.1. The summed E-state index contributed by atoms with van der Waals surface area (Å²) >= 11 is 0. The number of hydrogen-bond donors (Lipinski definition) is 0. The van der Waals surface area contributed by atoms with Gasteiger partial charge >= 0.3 is 5.97 Å². The van der Waals surface area contributed by atoms with Crippen molar-refractivity contribution in [1.82, 2.24) is 0 Å². The van der Waals surface area contributed by atoms with E-state index >= 15 is 0 Å². The highest BCUT2D eigenvalue weighted by Gasteiger charge is 2.51. The average Bonchev–Trinajstić information content (AvgIpc) is 2.83. The molecule has 0 aliphatic carbocycles. The van der Waals surface area contributed by atoms with Crippen LogP contribution in [0.3, 0.4) is 0 Å². The molecule has 6 heteroatoms. The maximum atomic E-state index is 13.2. The Morgan fingerprint density at radius 3 is 2.24 bits per heavy atom. The second kappa shape index (κ2) is 9.77. The number of nitrogens with zero attached hydrogens (tertiary/aromatic N) is 1. The minimum atomic E-state index is -0.659. The van der Waals surface area contributed by atoms with Crippen molar-refractivity contribution in [3.8, 4) is 11.5 Å². The third kappa shape index (κ3) is 4.55. The van der Waals surface area contributed by atoms with Crippen molar-refractivity contribution in [2.24, 2.45) is 0 Å². The van der Waals surface area contributed by atoms with Gasteiger partial charge in [0.15, 0.2) is 0 Å². The molecule has 1 amide bonds. The minimum Gasteiger partial charge on any atom is -0.494 e. The lowest BCUT2D eigenvalue weighted by molar-refractivity contribution is -0.135. The van der Waals surface area contributed by atoms with Gasteiger partial charge in [-0.3, -0.25) is 9.69 Å². The maximum absolute atomic E-state index is 13.2. The number of hydrogen-bond acceptors (Lipinski definition) is 5. The Bertz CT molecular complexity index is 1120. The third-order valence-corrected chi connectivity index (χ3v) is 5.58. The second-order valence-electron chi connectivity index (χ2n) is 7.73. The minimum absolute atomic E-state index is 0.138. The smallest absolute Gasteiger partial charge is 0.338 e. The number of para-hydroxylation sites is 1. The van der Waals surface area contributed by atoms with Crippen LogP contribution >= 0.6 is 0 Å². The molecule has 1 heterocycles. The fourth-order valence-electron chi connectivity index (χ4n) is 3.91. The number of benzene rings is 3. The van der Waals surface area contributed by atoms with Crippen molar-refractivity contribution in [2.75, 3.05) is 18.1 Å². The molecular weight excluding hydrogens is 418 g/mol. The van der Waals surface area contributed by atoms with Crippen LogP contribution in [0, 0.1) is 6.92 Å². The molecule has 4 rings (SSSR count). The molecule has 0 radical (unpaired) electrons. The van der Waals surface area contributed by atoms with Gasteiger partial charge < -0.3 is 14.2 Å². The molecule has 0 unspecified atom stereocenters. The van der Waals surface area contributed by atoms with Crippen molar-refractivity contribution in [1.29, 1.82) is 0 Å². The second-order valence-corrected chi connectivity index (χ2v) is 7.73. The van der Waals surface area contributed by atoms with Crippen LogP contribution < -0.4 is 14.4 Å². The summed E-state index contributed by atoms with van der Waals surface area (Å²) in [5.41, 5.74) is 3.04. The Balaban J connectivity index is 1.64. The molecule has 3 aromatic carbocycles. The van der Waals surface area contributed by atoms with E-state index in [0.717, 1.165) is 16.9 Å². The molecule has 0 aromatic heterocycles. The van der Waals surface area contributed by atoms with Gasteiger partial charge in [-0.05, 0) is 74.4 Å². The van der Waals surface area contributed by atoms with Gasteiger partial charge in [0, 0.05) is 5.69 Å². The lowest BCUT2D eigenvalue weighted by atomic mass is 9.89. The number of rotatable bonds is 8. The quantitative estimate of drug-likeness (QED) is 0.356. The van der Waals surface area contributed by atoms with Gasteiger partial charge in [0.25, 0.3) is 5.91 Å². The highest BCUT2D eigenvalue weighted by Crippen LogP contribution is 2.42. The molecule has 6 nitrogen and oxygen atoms in total. The van der Waals surface area contributed by atoms with E-state index in [1.54, 1.807) is 36.1 Å². The highest BCUT2D eigenvalue weighted by molar-refractivity contribution is 6.05. The SMILES string of the molecule is CCOC(=O)c1ccc(N2C(=O)[C@@H](Oc3ccccc3C)[C@@H]2c2ccc(OCC)cc2)cc1. The van der Waals surface area contributed by atoms with Crippen LogP contribution in [0.4, 0.5) is 5.69 Å². The van der Waals surface area contributed by atoms with Gasteiger partial charge in [-0.1, -0.05) is 30.3 Å². The molecular formula is C27H27NO5. The van der Waals surface area contributed by atoms with E-state index in [9.17, 15) is 9.59 Å². The monoisotopic (exact) mass is 445 g/mol. The zero-order valence-corrected chi connectivity index (χ0v) is 19.0. The normalized spacial score (nSPS) is 17.3. The first-order chi connectivity index (χ1) is 16.0. The van der Waals surface area contributed by atoms with Crippen LogP contribution in [0.1, 0.15) is 41.4 Å². The van der Waals surface area contributed by atoms with Crippen LogP contribution in [0.5, 0.6) is 11.5 Å². The lowest BCUT2D eigenvalue weighted by Crippen LogP contribution is -2.61. The Morgan fingerprint density at radius 2 is 1.61 bits per heavy atom. The van der Waals surface area contributed by atoms with Crippen LogP contribution in [0.2, 0.25) is 0 Å². The van der Waals surface area contributed by atoms with E-state index in [4.69, 9.17) is 14.2 Å². The molecule has 2 atom stereocenters. The first kappa shape index (κ1) is 22.4. The van der Waals surface area contributed by atoms with Crippen molar-refractivity contribution in [2.45, 2.75) is 32.9 Å². The van der Waals surface area contributed by atoms with E-state index < -0.39 is 6.10 Å². The number of β-lactam (4-membered cyclic amide) rings is 1. The van der Waals surface area contributed by atoms with Crippen molar-refractivity contribution in [3.05, 3.63) is 89.5 Å². The molecule has 1 aliphatic heterocycles. The fourth-order valence-corrected chi connectivity index (χ4v) is 3.91. The van der Waals surface area contributed by atoms with Crippen LogP contribution in [-0.4, -0.2) is 31.2 Å². The Labute approximate surface area is 193 Å². The molecule has 0 saturated carbocycles. The number of carbonyl (C=O) groups is 2. The predicted molar refractivity (Wildman–Crippen MR) is 126 cm³/mol. The van der Waals surface area contributed by atoms with Crippen LogP contribution in [0.25, 0.3) is 0 Å². The van der Waals surface area contributed by atoms with Gasteiger partial charge in [0.1, 0.15) is 17.5 Å². The predicted octanol–water partition coefficient (Wildman–Crippen LogP) is 5.11. The summed E-state index contributed by atoms with van der Waals surface area (Å²) in [6.07, 6.45) is -0.659. The van der Waals surface area contributed by atoms with E-state index in [1.165, 1.54) is 0 Å². The molecule has 3 aromatic rings. The summed E-state index contributed by atoms with van der Waals surface area (Å²) in [6.45, 7) is 6.55. The third-order valence-electron chi connectivity index (χ3n) is 5.58. The zero-order chi connectivity index (χ0) is 23.4. The lowest BCUT2D eigenvalue weighted by Gasteiger charge is -2.46. The molecule has 0 bridgehead atoms. The average molecular weight is 446 g/mol. The van der Waals surface area contributed by atoms with Gasteiger partial charge in [0.05, 0.1) is 18.8 Å². The highest BCUT2D eigenvalue weighted by atomic mass is 16.5. The Morgan fingerprint density at radius 1 is 0.909 bits per heavy atom. The first-order valence-corrected chi connectivity index (χ1v) is 11.1. The summed E-state index contributed by atoms with van der Waals surface area (Å²) < 4.78 is 16.8. The Kier molecular flexibility index (Phi) is 6.63. The van der Waals surface area contributed by atoms with E-state index in [-0.39, 0.29) is 17.9 Å². The molecule has 0 spiro atoms. The van der Waals surface area contributed by atoms with Gasteiger partial charge in [-0.15, -0.1) is 0 Å². The van der Waals surface area contributed by atoms with Gasteiger partial charge in [-0.25, -0.2) is 4.79 Å². The van der Waals surface area contributed by atoms with Crippen LogP contribution in [-0.2, 0) is 9.53 Å². The summed E-state index contributed by atoms with van der Waals surface area (Å²) in [5.74, 6) is 0.932. The van der Waals surface area contributed by atoms with E-state index in [1.807, 2.05) is 62.4 Å². The molecule has 1 saturated heterocycles. The molecule has 1 fully saturated rings. The molecule has 33 heavy (non-hydrogen) atoms. The molecule has 170 valence electrons. The van der Waals surface area contributed by atoms with Gasteiger partial charge in [0.2, 0.25) is 6.10 Å². The standard InChI is InChI=1S/C27H27NO5/c1-4-31-22-16-12-19(13-17-22)24-25(33-23-9-7-6-8-18(23)3)26(29)28(24)21-14-10-20(11-15-21)27(30)32-5-2/h6-17,24-25H,4-5H2,1-3H3/t24-,25-/m0/s1. The molecule has 1 aliphatic rings. The van der Waals surface area contributed by atoms with E-state index in [2.05, 4.69) is 0 Å². The van der Waals surface area contributed by atoms with Crippen molar-refractivity contribution >= 4 is 17.6 Å². The number of esters is 1. The topological polar surface area (TPSA) is 65.1 Å². The van der Waals surface area contributed by atoms with Gasteiger partial charge in [-0.2, -0.15) is 0 Å². The number of carbonyl (C=O) groups excluding carboxylic acids is 2. The summed E-state index contributed by atoms with van der Waals surface area (Å²) in [6, 6.07) is 21.9. The maximum Gasteiger partial charge on any atom is 0.338 e. The Hall–Kier alpha value is -3.80. The number of ether oxygens (including phenoxy) is 3. The molecule has 0 N–H and O–H groups in total. The van der Waals surface area contributed by atoms with Crippen molar-refractivity contribution < 1.29 is 23.8 Å². The number of anilines is 1. The van der Waals surface area contributed by atoms with E-state index in [0.29, 0.717) is 30.2 Å². The number of amides is 1.